The van der Waals surface area contributed by atoms with Crippen LogP contribution in [0.4, 0.5) is 0 Å². The minimum Gasteiger partial charge on any atom is -0.464 e. The molecule has 3 heteroatoms. The molecule has 0 aliphatic rings. The van der Waals surface area contributed by atoms with Crippen molar-refractivity contribution in [2.24, 2.45) is 0 Å². The van der Waals surface area contributed by atoms with E-state index in [1.807, 2.05) is 0 Å². The SMILES string of the molecule is CCCCCCCCCC(=O)OCC(Cl)CCCCCC. The Kier molecular flexibility index (Phi) is 16.0. The van der Waals surface area contributed by atoms with Gasteiger partial charge in [-0.05, 0) is 12.8 Å². The fourth-order valence-electron chi connectivity index (χ4n) is 2.36. The Labute approximate surface area is 137 Å². The van der Waals surface area contributed by atoms with E-state index in [1.165, 1.54) is 51.4 Å². The van der Waals surface area contributed by atoms with Crippen LogP contribution in [0.2, 0.25) is 0 Å². The van der Waals surface area contributed by atoms with Gasteiger partial charge in [0.1, 0.15) is 6.61 Å². The Balaban J connectivity index is 3.32. The van der Waals surface area contributed by atoms with Crippen molar-refractivity contribution < 1.29 is 9.53 Å². The van der Waals surface area contributed by atoms with Crippen molar-refractivity contribution in [2.75, 3.05) is 6.61 Å². The molecule has 1 unspecified atom stereocenters. The van der Waals surface area contributed by atoms with Crippen molar-refractivity contribution in [3.8, 4) is 0 Å². The summed E-state index contributed by atoms with van der Waals surface area (Å²) in [6.45, 7) is 4.80. The van der Waals surface area contributed by atoms with Crippen LogP contribution in [0.1, 0.15) is 97.3 Å². The van der Waals surface area contributed by atoms with Gasteiger partial charge in [-0.3, -0.25) is 4.79 Å². The summed E-state index contributed by atoms with van der Waals surface area (Å²) in [4.78, 5) is 11.6. The molecule has 2 nitrogen and oxygen atoms in total. The summed E-state index contributed by atoms with van der Waals surface area (Å²) in [5.41, 5.74) is 0. The van der Waals surface area contributed by atoms with Gasteiger partial charge in [-0.25, -0.2) is 0 Å². The molecule has 0 aromatic heterocycles. The lowest BCUT2D eigenvalue weighted by Gasteiger charge is -2.10. The Bertz CT molecular complexity index is 231. The maximum atomic E-state index is 11.6. The van der Waals surface area contributed by atoms with Crippen LogP contribution < -0.4 is 0 Å². The molecule has 0 amide bonds. The molecule has 0 saturated heterocycles. The average Bonchev–Trinajstić information content (AvgIpc) is 2.48. The second-order valence-electron chi connectivity index (χ2n) is 6.00. The van der Waals surface area contributed by atoms with E-state index in [2.05, 4.69) is 13.8 Å². The number of hydrogen-bond acceptors (Lipinski definition) is 2. The predicted octanol–water partition coefficient (Wildman–Crippen LogP) is 6.25. The topological polar surface area (TPSA) is 26.3 Å². The Morgan fingerprint density at radius 1 is 0.857 bits per heavy atom. The molecule has 0 aromatic carbocycles. The van der Waals surface area contributed by atoms with Gasteiger partial charge in [0.05, 0.1) is 5.38 Å². The molecule has 0 heterocycles. The largest absolute Gasteiger partial charge is 0.464 e. The Hall–Kier alpha value is -0.240. The summed E-state index contributed by atoms with van der Waals surface area (Å²) in [6.07, 6.45) is 14.9. The third-order valence-electron chi connectivity index (χ3n) is 3.78. The first kappa shape index (κ1) is 20.8. The molecule has 0 fully saturated rings. The predicted molar refractivity (Wildman–Crippen MR) is 92.0 cm³/mol. The van der Waals surface area contributed by atoms with Gasteiger partial charge in [-0.15, -0.1) is 11.6 Å². The highest BCUT2D eigenvalue weighted by atomic mass is 35.5. The zero-order valence-corrected chi connectivity index (χ0v) is 14.9. The number of ether oxygens (including phenoxy) is 1. The van der Waals surface area contributed by atoms with Crippen LogP contribution in [0.15, 0.2) is 0 Å². The maximum Gasteiger partial charge on any atom is 0.305 e. The number of carbonyl (C=O) groups excluding carboxylic acids is 1. The number of halogens is 1. The van der Waals surface area contributed by atoms with Crippen molar-refractivity contribution in [3.63, 3.8) is 0 Å². The molecule has 126 valence electrons. The van der Waals surface area contributed by atoms with Crippen molar-refractivity contribution in [2.45, 2.75) is 103 Å². The van der Waals surface area contributed by atoms with Crippen molar-refractivity contribution in [1.82, 2.24) is 0 Å². The molecule has 0 aliphatic heterocycles. The van der Waals surface area contributed by atoms with Crippen molar-refractivity contribution in [3.05, 3.63) is 0 Å². The minimum absolute atomic E-state index is 0.0140. The lowest BCUT2D eigenvalue weighted by Crippen LogP contribution is -2.14. The first-order chi connectivity index (χ1) is 10.2. The van der Waals surface area contributed by atoms with Crippen LogP contribution in [0, 0.1) is 0 Å². The normalized spacial score (nSPS) is 12.3. The summed E-state index contributed by atoms with van der Waals surface area (Å²) >= 11 is 6.16. The zero-order valence-electron chi connectivity index (χ0n) is 14.2. The molecule has 0 N–H and O–H groups in total. The van der Waals surface area contributed by atoms with E-state index >= 15 is 0 Å². The molecular weight excluding hydrogens is 284 g/mol. The lowest BCUT2D eigenvalue weighted by molar-refractivity contribution is -0.143. The molecule has 0 aromatic rings. The van der Waals surface area contributed by atoms with Crippen LogP contribution in [0.5, 0.6) is 0 Å². The number of esters is 1. The highest BCUT2D eigenvalue weighted by molar-refractivity contribution is 6.20. The van der Waals surface area contributed by atoms with Crippen LogP contribution >= 0.6 is 11.6 Å². The first-order valence-corrected chi connectivity index (χ1v) is 9.44. The molecule has 0 spiro atoms. The summed E-state index contributed by atoms with van der Waals surface area (Å²) in [7, 11) is 0. The molecule has 0 aliphatic carbocycles. The van der Waals surface area contributed by atoms with Gasteiger partial charge in [0.25, 0.3) is 0 Å². The maximum absolute atomic E-state index is 11.6. The molecular formula is C18H35ClO2. The Morgan fingerprint density at radius 3 is 2.00 bits per heavy atom. The monoisotopic (exact) mass is 318 g/mol. The van der Waals surface area contributed by atoms with Crippen molar-refractivity contribution >= 4 is 17.6 Å². The van der Waals surface area contributed by atoms with E-state index in [9.17, 15) is 4.79 Å². The first-order valence-electron chi connectivity index (χ1n) is 9.00. The highest BCUT2D eigenvalue weighted by Gasteiger charge is 2.08. The molecule has 0 rings (SSSR count). The third-order valence-corrected chi connectivity index (χ3v) is 4.12. The average molecular weight is 319 g/mol. The summed E-state index contributed by atoms with van der Waals surface area (Å²) in [5.74, 6) is -0.0808. The number of unbranched alkanes of at least 4 members (excludes halogenated alkanes) is 9. The fraction of sp³-hybridized carbons (Fsp3) is 0.944. The second-order valence-corrected chi connectivity index (χ2v) is 6.62. The number of alkyl halides is 1. The minimum atomic E-state index is -0.0808. The molecule has 0 saturated carbocycles. The van der Waals surface area contributed by atoms with Gasteiger partial charge in [0, 0.05) is 6.42 Å². The number of rotatable bonds is 15. The number of carbonyl (C=O) groups is 1. The number of hydrogen-bond donors (Lipinski definition) is 0. The van der Waals surface area contributed by atoms with Gasteiger partial charge < -0.3 is 4.74 Å². The van der Waals surface area contributed by atoms with Gasteiger partial charge in [0.2, 0.25) is 0 Å². The van der Waals surface area contributed by atoms with E-state index in [-0.39, 0.29) is 11.3 Å². The summed E-state index contributed by atoms with van der Waals surface area (Å²) in [5, 5.41) is -0.0140. The van der Waals surface area contributed by atoms with E-state index in [1.54, 1.807) is 0 Å². The van der Waals surface area contributed by atoms with E-state index in [0.29, 0.717) is 13.0 Å². The zero-order chi connectivity index (χ0) is 15.8. The lowest BCUT2D eigenvalue weighted by atomic mass is 10.1. The van der Waals surface area contributed by atoms with Gasteiger partial charge in [-0.2, -0.15) is 0 Å². The van der Waals surface area contributed by atoms with Crippen LogP contribution in [-0.4, -0.2) is 18.0 Å². The van der Waals surface area contributed by atoms with E-state index in [4.69, 9.17) is 16.3 Å². The smallest absolute Gasteiger partial charge is 0.305 e. The van der Waals surface area contributed by atoms with Crippen LogP contribution in [0.3, 0.4) is 0 Å². The quantitative estimate of drug-likeness (QED) is 0.203. The molecule has 0 bridgehead atoms. The van der Waals surface area contributed by atoms with E-state index < -0.39 is 0 Å². The van der Waals surface area contributed by atoms with Gasteiger partial charge in [-0.1, -0.05) is 78.1 Å². The van der Waals surface area contributed by atoms with Gasteiger partial charge in [0.15, 0.2) is 0 Å². The van der Waals surface area contributed by atoms with Crippen LogP contribution in [-0.2, 0) is 9.53 Å². The third kappa shape index (κ3) is 16.0. The standard InChI is InChI=1S/C18H35ClO2/c1-3-5-7-9-10-11-13-15-18(20)21-16-17(19)14-12-8-6-4-2/h17H,3-16H2,1-2H3. The van der Waals surface area contributed by atoms with Crippen molar-refractivity contribution in [1.29, 1.82) is 0 Å². The highest BCUT2D eigenvalue weighted by Crippen LogP contribution is 2.12. The molecule has 0 radical (unpaired) electrons. The van der Waals surface area contributed by atoms with E-state index in [0.717, 1.165) is 25.7 Å². The summed E-state index contributed by atoms with van der Waals surface area (Å²) < 4.78 is 5.24. The van der Waals surface area contributed by atoms with Gasteiger partial charge >= 0.3 is 5.97 Å². The molecule has 21 heavy (non-hydrogen) atoms. The summed E-state index contributed by atoms with van der Waals surface area (Å²) in [6, 6.07) is 0. The Morgan fingerprint density at radius 2 is 1.38 bits per heavy atom. The fourth-order valence-corrected chi connectivity index (χ4v) is 2.58. The second kappa shape index (κ2) is 16.1. The van der Waals surface area contributed by atoms with Crippen LogP contribution in [0.25, 0.3) is 0 Å². The molecule has 1 atom stereocenters.